The van der Waals surface area contributed by atoms with Gasteiger partial charge in [-0.2, -0.15) is 0 Å². The van der Waals surface area contributed by atoms with Crippen molar-refractivity contribution in [1.29, 1.82) is 0 Å². The molecule has 0 saturated heterocycles. The van der Waals surface area contributed by atoms with E-state index >= 15 is 0 Å². The summed E-state index contributed by atoms with van der Waals surface area (Å²) >= 11 is 0. The van der Waals surface area contributed by atoms with Gasteiger partial charge in [-0.15, -0.1) is 0 Å². The molecule has 0 fully saturated rings. The van der Waals surface area contributed by atoms with Crippen LogP contribution in [0.4, 0.5) is 0 Å². The maximum atomic E-state index is 9.45. The lowest BCUT2D eigenvalue weighted by atomic mass is 10.1. The summed E-state index contributed by atoms with van der Waals surface area (Å²) in [4.78, 5) is 18.9. The summed E-state index contributed by atoms with van der Waals surface area (Å²) in [5.41, 5.74) is 0. The average Bonchev–Trinajstić information content (AvgIpc) is 2.57. The summed E-state index contributed by atoms with van der Waals surface area (Å²) in [6.07, 6.45) is 8.06. The van der Waals surface area contributed by atoms with Gasteiger partial charge in [0.05, 0.1) is 12.7 Å². The average molecular weight is 382 g/mol. The number of aliphatic hydroxyl groups is 4. The van der Waals surface area contributed by atoms with Crippen LogP contribution in [0.3, 0.4) is 0 Å². The highest BCUT2D eigenvalue weighted by Crippen LogP contribution is 2.10. The Morgan fingerprint density at radius 2 is 1.04 bits per heavy atom. The Kier molecular flexibility index (Phi) is 24.8. The molecule has 8 nitrogen and oxygen atoms in total. The molecule has 0 aliphatic rings. The molecule has 0 rings (SSSR count). The van der Waals surface area contributed by atoms with E-state index < -0.39 is 30.3 Å². The van der Waals surface area contributed by atoms with Crippen molar-refractivity contribution in [2.45, 2.75) is 96.9 Å². The van der Waals surface area contributed by atoms with E-state index in [-0.39, 0.29) is 6.61 Å². The smallest absolute Gasteiger partial charge is 0.332 e. The molecule has 0 saturated carbocycles. The number of carboxylic acid groups (broad SMARTS) is 2. The van der Waals surface area contributed by atoms with E-state index in [2.05, 4.69) is 6.92 Å². The molecular formula is C18H38O8. The third-order valence-electron chi connectivity index (χ3n) is 3.32. The monoisotopic (exact) mass is 382 g/mol. The second-order valence-electron chi connectivity index (χ2n) is 6.13. The number of aliphatic hydroxyl groups excluding tert-OH is 4. The summed E-state index contributed by atoms with van der Waals surface area (Å²) in [6.45, 7) is 4.54. The van der Waals surface area contributed by atoms with Crippen molar-refractivity contribution in [3.63, 3.8) is 0 Å². The molecular weight excluding hydrogens is 344 g/mol. The molecule has 0 aromatic heterocycles. The lowest BCUT2D eigenvalue weighted by molar-refractivity contribution is -0.146. The van der Waals surface area contributed by atoms with Crippen LogP contribution in [0.5, 0.6) is 0 Å². The standard InChI is InChI=1S/C12H26O2.2C3H6O3/c1-2-3-4-5-6-7-8-9-10-12(14)11-13;2*1-2(4)3(5)6/h12-14H,2-11H2,1H3;2*2,4H,1H3,(H,5,6). The molecule has 0 aliphatic carbocycles. The molecule has 0 radical (unpaired) electrons. The molecule has 3 atom stereocenters. The third kappa shape index (κ3) is 30.6. The highest BCUT2D eigenvalue weighted by molar-refractivity contribution is 5.71. The lowest BCUT2D eigenvalue weighted by Gasteiger charge is -2.06. The highest BCUT2D eigenvalue weighted by Gasteiger charge is 2.02. The van der Waals surface area contributed by atoms with E-state index in [1.54, 1.807) is 0 Å². The number of carboxylic acids is 2. The second kappa shape index (κ2) is 21.8. The fraction of sp³-hybridized carbons (Fsp3) is 0.889. The van der Waals surface area contributed by atoms with Crippen LogP contribution in [0, 0.1) is 0 Å². The van der Waals surface area contributed by atoms with Gasteiger partial charge in [-0.1, -0.05) is 58.3 Å². The number of rotatable bonds is 12. The van der Waals surface area contributed by atoms with Gasteiger partial charge in [0, 0.05) is 0 Å². The zero-order chi connectivity index (χ0) is 21.0. The van der Waals surface area contributed by atoms with Gasteiger partial charge in [-0.05, 0) is 20.3 Å². The molecule has 0 aromatic carbocycles. The van der Waals surface area contributed by atoms with E-state index in [9.17, 15) is 9.59 Å². The number of aliphatic carboxylic acids is 2. The minimum atomic E-state index is -1.23. The first-order chi connectivity index (χ1) is 12.1. The zero-order valence-electron chi connectivity index (χ0n) is 16.3. The van der Waals surface area contributed by atoms with Gasteiger partial charge in [-0.3, -0.25) is 0 Å². The van der Waals surface area contributed by atoms with Crippen molar-refractivity contribution in [2.24, 2.45) is 0 Å². The van der Waals surface area contributed by atoms with E-state index in [1.165, 1.54) is 58.8 Å². The van der Waals surface area contributed by atoms with Crippen molar-refractivity contribution < 1.29 is 40.2 Å². The Labute approximate surface area is 156 Å². The second-order valence-corrected chi connectivity index (χ2v) is 6.13. The maximum absolute atomic E-state index is 9.45. The van der Waals surface area contributed by atoms with Gasteiger partial charge in [0.25, 0.3) is 0 Å². The van der Waals surface area contributed by atoms with E-state index in [1.807, 2.05) is 0 Å². The van der Waals surface area contributed by atoms with Crippen LogP contribution in [-0.2, 0) is 9.59 Å². The molecule has 26 heavy (non-hydrogen) atoms. The quantitative estimate of drug-likeness (QED) is 0.279. The summed E-state index contributed by atoms with van der Waals surface area (Å²) < 4.78 is 0. The number of unbranched alkanes of at least 4 members (excludes halogenated alkanes) is 7. The fourth-order valence-corrected chi connectivity index (χ4v) is 1.61. The van der Waals surface area contributed by atoms with Crippen LogP contribution >= 0.6 is 0 Å². The van der Waals surface area contributed by atoms with Gasteiger partial charge >= 0.3 is 11.9 Å². The normalized spacial score (nSPS) is 13.3. The molecule has 3 unspecified atom stereocenters. The predicted octanol–water partition coefficient (Wildman–Crippen LogP) is 1.77. The summed E-state index contributed by atoms with van der Waals surface area (Å²) in [7, 11) is 0. The van der Waals surface area contributed by atoms with Crippen molar-refractivity contribution in [3.05, 3.63) is 0 Å². The topological polar surface area (TPSA) is 156 Å². The van der Waals surface area contributed by atoms with Crippen LogP contribution in [0.15, 0.2) is 0 Å². The summed E-state index contributed by atoms with van der Waals surface area (Å²) in [6, 6.07) is 0. The molecule has 0 aromatic rings. The Hall–Kier alpha value is -1.22. The molecule has 6 N–H and O–H groups in total. The molecule has 0 bridgehead atoms. The number of hydrogen-bond donors (Lipinski definition) is 6. The van der Waals surface area contributed by atoms with E-state index in [4.69, 9.17) is 30.6 Å². The van der Waals surface area contributed by atoms with Crippen LogP contribution in [0.2, 0.25) is 0 Å². The molecule has 0 amide bonds. The summed E-state index contributed by atoms with van der Waals surface area (Å²) in [5.74, 6) is -2.37. The van der Waals surface area contributed by atoms with Crippen molar-refractivity contribution in [2.75, 3.05) is 6.61 Å². The number of hydrogen-bond acceptors (Lipinski definition) is 6. The van der Waals surface area contributed by atoms with Crippen molar-refractivity contribution in [3.8, 4) is 0 Å². The molecule has 0 spiro atoms. The van der Waals surface area contributed by atoms with Gasteiger partial charge in [0.1, 0.15) is 12.2 Å². The lowest BCUT2D eigenvalue weighted by Crippen LogP contribution is -2.13. The highest BCUT2D eigenvalue weighted by atomic mass is 16.4. The zero-order valence-corrected chi connectivity index (χ0v) is 16.3. The van der Waals surface area contributed by atoms with E-state index in [0.29, 0.717) is 0 Å². The van der Waals surface area contributed by atoms with Crippen molar-refractivity contribution in [1.82, 2.24) is 0 Å². The predicted molar refractivity (Wildman–Crippen MR) is 99.0 cm³/mol. The minimum absolute atomic E-state index is 0.0868. The SMILES string of the molecule is CC(O)C(=O)O.CC(O)C(=O)O.CCCCCCCCCCC(O)CO. The van der Waals surface area contributed by atoms with Crippen LogP contribution in [0.25, 0.3) is 0 Å². The minimum Gasteiger partial charge on any atom is -0.479 e. The Morgan fingerprint density at radius 1 is 0.731 bits per heavy atom. The Morgan fingerprint density at radius 3 is 1.31 bits per heavy atom. The number of carbonyl (C=O) groups is 2. The van der Waals surface area contributed by atoms with Crippen molar-refractivity contribution >= 4 is 11.9 Å². The van der Waals surface area contributed by atoms with Crippen LogP contribution in [-0.4, -0.2) is 67.5 Å². The first-order valence-electron chi connectivity index (χ1n) is 9.20. The molecule has 8 heteroatoms. The Balaban J connectivity index is -0.000000364. The van der Waals surface area contributed by atoms with Gasteiger partial charge in [0.15, 0.2) is 0 Å². The van der Waals surface area contributed by atoms with Gasteiger partial charge < -0.3 is 30.6 Å². The Bertz CT molecular complexity index is 300. The van der Waals surface area contributed by atoms with E-state index in [0.717, 1.165) is 12.8 Å². The summed E-state index contributed by atoms with van der Waals surface area (Å²) in [5, 5.41) is 49.2. The van der Waals surface area contributed by atoms with Gasteiger partial charge in [-0.25, -0.2) is 9.59 Å². The maximum Gasteiger partial charge on any atom is 0.332 e. The van der Waals surface area contributed by atoms with Gasteiger partial charge in [0.2, 0.25) is 0 Å². The van der Waals surface area contributed by atoms with Crippen LogP contribution in [0.1, 0.15) is 78.6 Å². The third-order valence-corrected chi connectivity index (χ3v) is 3.32. The molecule has 0 heterocycles. The molecule has 0 aliphatic heterocycles. The van der Waals surface area contributed by atoms with Crippen LogP contribution < -0.4 is 0 Å². The first kappa shape index (κ1) is 29.5. The fourth-order valence-electron chi connectivity index (χ4n) is 1.61. The first-order valence-corrected chi connectivity index (χ1v) is 9.20. The largest absolute Gasteiger partial charge is 0.479 e. The molecule has 158 valence electrons.